The molecule has 0 fully saturated rings. The van der Waals surface area contributed by atoms with Gasteiger partial charge >= 0.3 is 6.09 Å². The molecule has 1 aromatic heterocycles. The van der Waals surface area contributed by atoms with Crippen molar-refractivity contribution >= 4 is 23.6 Å². The molecule has 190 valence electrons. The third kappa shape index (κ3) is 6.43. The maximum atomic E-state index is 13.7. The number of carbonyl (C=O) groups is 2. The molecule has 2 atom stereocenters. The summed E-state index contributed by atoms with van der Waals surface area (Å²) in [7, 11) is 1.41. The lowest BCUT2D eigenvalue weighted by Gasteiger charge is -2.31. The smallest absolute Gasteiger partial charge is 0.417 e. The SMILES string of the molecule is C=CCN(C(=O)OC(C)(C)C)C(=O)C(C(C)C=C)n1cc(OC)c(-c2cc(Cl)ccc2C#N)cc1=O. The second kappa shape index (κ2) is 11.7. The van der Waals surface area contributed by atoms with Crippen LogP contribution in [0.3, 0.4) is 0 Å². The summed E-state index contributed by atoms with van der Waals surface area (Å²) in [6, 6.07) is 6.89. The fourth-order valence-electron chi connectivity index (χ4n) is 3.54. The van der Waals surface area contributed by atoms with Gasteiger partial charge in [0.15, 0.2) is 0 Å². The molecule has 1 heterocycles. The van der Waals surface area contributed by atoms with Crippen molar-refractivity contribution in [2.75, 3.05) is 13.7 Å². The summed E-state index contributed by atoms with van der Waals surface area (Å²) in [5, 5.41) is 9.91. The van der Waals surface area contributed by atoms with E-state index in [1.165, 1.54) is 36.1 Å². The zero-order valence-corrected chi connectivity index (χ0v) is 21.8. The van der Waals surface area contributed by atoms with Crippen LogP contribution in [0, 0.1) is 17.2 Å². The van der Waals surface area contributed by atoms with E-state index in [0.29, 0.717) is 21.7 Å². The maximum absolute atomic E-state index is 13.7. The average Bonchev–Trinajstić information content (AvgIpc) is 2.81. The molecule has 0 aliphatic rings. The van der Waals surface area contributed by atoms with E-state index in [0.717, 1.165) is 4.90 Å². The van der Waals surface area contributed by atoms with Gasteiger partial charge in [-0.2, -0.15) is 5.26 Å². The van der Waals surface area contributed by atoms with E-state index in [-0.39, 0.29) is 12.3 Å². The Kier molecular flexibility index (Phi) is 9.26. The number of allylic oxidation sites excluding steroid dienone is 1. The van der Waals surface area contributed by atoms with Gasteiger partial charge in [0.1, 0.15) is 17.4 Å². The van der Waals surface area contributed by atoms with Crippen LogP contribution >= 0.6 is 11.6 Å². The van der Waals surface area contributed by atoms with Crippen molar-refractivity contribution in [2.24, 2.45) is 5.92 Å². The number of benzene rings is 1. The van der Waals surface area contributed by atoms with Crippen LogP contribution < -0.4 is 10.3 Å². The molecule has 2 rings (SSSR count). The quantitative estimate of drug-likeness (QED) is 0.442. The summed E-state index contributed by atoms with van der Waals surface area (Å²) < 4.78 is 12.1. The molecule has 2 amide bonds. The first kappa shape index (κ1) is 28.4. The third-order valence-electron chi connectivity index (χ3n) is 5.27. The molecule has 0 aliphatic heterocycles. The fraction of sp³-hybridized carbons (Fsp3) is 0.333. The number of halogens is 1. The maximum Gasteiger partial charge on any atom is 0.417 e. The first-order valence-electron chi connectivity index (χ1n) is 11.2. The zero-order valence-electron chi connectivity index (χ0n) is 21.1. The molecule has 0 spiro atoms. The number of nitriles is 1. The van der Waals surface area contributed by atoms with Crippen molar-refractivity contribution in [1.29, 1.82) is 5.26 Å². The van der Waals surface area contributed by atoms with E-state index in [2.05, 4.69) is 19.2 Å². The molecule has 2 unspecified atom stereocenters. The lowest BCUT2D eigenvalue weighted by Crippen LogP contribution is -2.47. The van der Waals surface area contributed by atoms with Gasteiger partial charge in [-0.1, -0.05) is 30.7 Å². The van der Waals surface area contributed by atoms with Gasteiger partial charge in [-0.15, -0.1) is 13.2 Å². The summed E-state index contributed by atoms with van der Waals surface area (Å²) in [6.07, 6.45) is 3.43. The Morgan fingerprint density at radius 2 is 1.92 bits per heavy atom. The summed E-state index contributed by atoms with van der Waals surface area (Å²) in [4.78, 5) is 40.8. The van der Waals surface area contributed by atoms with Gasteiger partial charge in [-0.25, -0.2) is 9.69 Å². The number of amides is 2. The van der Waals surface area contributed by atoms with Crippen LogP contribution in [0.15, 0.2) is 60.6 Å². The highest BCUT2D eigenvalue weighted by molar-refractivity contribution is 6.31. The third-order valence-corrected chi connectivity index (χ3v) is 5.51. The molecule has 0 bridgehead atoms. The van der Waals surface area contributed by atoms with E-state index in [1.807, 2.05) is 0 Å². The van der Waals surface area contributed by atoms with E-state index >= 15 is 0 Å². The predicted octanol–water partition coefficient (Wildman–Crippen LogP) is 5.36. The van der Waals surface area contributed by atoms with Gasteiger partial charge in [0.2, 0.25) is 0 Å². The van der Waals surface area contributed by atoms with Gasteiger partial charge in [0.05, 0.1) is 24.9 Å². The summed E-state index contributed by atoms with van der Waals surface area (Å²) >= 11 is 6.14. The van der Waals surface area contributed by atoms with Crippen LogP contribution in [0.1, 0.15) is 39.3 Å². The molecule has 0 radical (unpaired) electrons. The molecule has 0 aliphatic carbocycles. The molecule has 8 nitrogen and oxygen atoms in total. The summed E-state index contributed by atoms with van der Waals surface area (Å²) in [6.45, 7) is 14.0. The Labute approximate surface area is 216 Å². The van der Waals surface area contributed by atoms with Gasteiger partial charge in [-0.05, 0) is 39.0 Å². The number of rotatable bonds is 8. The largest absolute Gasteiger partial charge is 0.495 e. The fourth-order valence-corrected chi connectivity index (χ4v) is 3.71. The molecule has 2 aromatic rings. The number of nitrogens with zero attached hydrogens (tertiary/aromatic N) is 3. The number of imide groups is 1. The Morgan fingerprint density at radius 3 is 2.44 bits per heavy atom. The van der Waals surface area contributed by atoms with E-state index in [1.54, 1.807) is 45.9 Å². The number of methoxy groups -OCH3 is 1. The Balaban J connectivity index is 2.70. The monoisotopic (exact) mass is 511 g/mol. The highest BCUT2D eigenvalue weighted by Crippen LogP contribution is 2.34. The number of ether oxygens (including phenoxy) is 2. The summed E-state index contributed by atoms with van der Waals surface area (Å²) in [5.41, 5.74) is -0.348. The summed E-state index contributed by atoms with van der Waals surface area (Å²) in [5.74, 6) is -0.995. The van der Waals surface area contributed by atoms with E-state index in [9.17, 15) is 19.6 Å². The van der Waals surface area contributed by atoms with Crippen molar-refractivity contribution in [3.8, 4) is 22.9 Å². The number of hydrogen-bond donors (Lipinski definition) is 0. The highest BCUT2D eigenvalue weighted by atomic mass is 35.5. The lowest BCUT2D eigenvalue weighted by molar-refractivity contribution is -0.134. The first-order valence-corrected chi connectivity index (χ1v) is 11.5. The second-order valence-corrected chi connectivity index (χ2v) is 9.50. The van der Waals surface area contributed by atoms with Crippen molar-refractivity contribution in [3.05, 3.63) is 76.7 Å². The van der Waals surface area contributed by atoms with Crippen LogP contribution in [0.5, 0.6) is 5.75 Å². The Hall–Kier alpha value is -3.83. The van der Waals surface area contributed by atoms with Gasteiger partial charge in [0, 0.05) is 34.7 Å². The molecule has 0 saturated heterocycles. The number of aromatic nitrogens is 1. The molecule has 9 heteroatoms. The van der Waals surface area contributed by atoms with Gasteiger partial charge in [-0.3, -0.25) is 14.2 Å². The van der Waals surface area contributed by atoms with Crippen LogP contribution in [0.25, 0.3) is 11.1 Å². The van der Waals surface area contributed by atoms with Crippen molar-refractivity contribution in [1.82, 2.24) is 9.47 Å². The minimum Gasteiger partial charge on any atom is -0.495 e. The van der Waals surface area contributed by atoms with Crippen molar-refractivity contribution in [3.63, 3.8) is 0 Å². The van der Waals surface area contributed by atoms with Gasteiger partial charge < -0.3 is 9.47 Å². The minimum atomic E-state index is -1.14. The first-order chi connectivity index (χ1) is 16.9. The Bertz CT molecular complexity index is 1270. The molecule has 0 N–H and O–H groups in total. The van der Waals surface area contributed by atoms with E-state index in [4.69, 9.17) is 21.1 Å². The van der Waals surface area contributed by atoms with Gasteiger partial charge in [0.25, 0.3) is 11.5 Å². The van der Waals surface area contributed by atoms with Crippen LogP contribution in [0.2, 0.25) is 5.02 Å². The normalized spacial score (nSPS) is 12.6. The molecular weight excluding hydrogens is 482 g/mol. The molecule has 0 saturated carbocycles. The van der Waals surface area contributed by atoms with Crippen LogP contribution in [0.4, 0.5) is 4.79 Å². The number of hydrogen-bond acceptors (Lipinski definition) is 6. The van der Waals surface area contributed by atoms with Crippen LogP contribution in [-0.2, 0) is 9.53 Å². The zero-order chi connectivity index (χ0) is 27.2. The standard InChI is InChI=1S/C27H30ClN3O5/c1-8-12-30(26(34)36-27(4,5)6)25(33)24(17(3)9-2)31-16-22(35-7)21(14-23(31)32)20-13-19(28)11-10-18(20)15-29/h8-11,13-14,16-17,24H,1-2,12H2,3-7H3. The average molecular weight is 512 g/mol. The van der Waals surface area contributed by atoms with E-state index < -0.39 is 35.1 Å². The van der Waals surface area contributed by atoms with Crippen molar-refractivity contribution in [2.45, 2.75) is 39.3 Å². The highest BCUT2D eigenvalue weighted by Gasteiger charge is 2.35. The molecule has 1 aromatic carbocycles. The topological polar surface area (TPSA) is 102 Å². The number of pyridine rings is 1. The predicted molar refractivity (Wildman–Crippen MR) is 139 cm³/mol. The second-order valence-electron chi connectivity index (χ2n) is 9.06. The minimum absolute atomic E-state index is 0.119. The van der Waals surface area contributed by atoms with Crippen LogP contribution in [-0.4, -0.2) is 40.7 Å². The lowest BCUT2D eigenvalue weighted by atomic mass is 9.98. The Morgan fingerprint density at radius 1 is 1.25 bits per heavy atom. The van der Waals surface area contributed by atoms with Crippen molar-refractivity contribution < 1.29 is 19.1 Å². The molecular formula is C27H30ClN3O5. The molecule has 36 heavy (non-hydrogen) atoms. The number of carbonyl (C=O) groups excluding carboxylic acids is 2.